The van der Waals surface area contributed by atoms with E-state index in [0.717, 1.165) is 0 Å². The molecule has 0 spiro atoms. The fourth-order valence-electron chi connectivity index (χ4n) is 1.70. The normalized spacial score (nSPS) is 12.1. The van der Waals surface area contributed by atoms with Crippen LogP contribution in [0.4, 0.5) is 10.5 Å². The van der Waals surface area contributed by atoms with E-state index < -0.39 is 23.6 Å². The lowest BCUT2D eigenvalue weighted by Crippen LogP contribution is -2.44. The molecule has 0 unspecified atom stereocenters. The Hall–Kier alpha value is -2.44. The molecule has 0 aliphatic heterocycles. The highest BCUT2D eigenvalue weighted by molar-refractivity contribution is 5.97. The van der Waals surface area contributed by atoms with Crippen molar-refractivity contribution in [3.8, 4) is 11.5 Å². The van der Waals surface area contributed by atoms with Crippen molar-refractivity contribution in [3.05, 3.63) is 18.2 Å². The van der Waals surface area contributed by atoms with Gasteiger partial charge in [0.05, 0.1) is 19.9 Å². The minimum absolute atomic E-state index is 0.401. The fraction of sp³-hybridized carbons (Fsp3) is 0.500. The van der Waals surface area contributed by atoms with E-state index in [4.69, 9.17) is 14.2 Å². The Kier molecular flexibility index (Phi) is 6.24. The van der Waals surface area contributed by atoms with E-state index in [1.165, 1.54) is 14.2 Å². The molecular weight excluding hydrogens is 300 g/mol. The maximum absolute atomic E-state index is 12.2. The van der Waals surface area contributed by atoms with Crippen molar-refractivity contribution in [1.29, 1.82) is 0 Å². The van der Waals surface area contributed by atoms with Gasteiger partial charge in [0, 0.05) is 6.07 Å². The van der Waals surface area contributed by atoms with Crippen LogP contribution in [0.2, 0.25) is 0 Å². The molecule has 0 saturated carbocycles. The summed E-state index contributed by atoms with van der Waals surface area (Å²) in [6.45, 7) is 6.81. The largest absolute Gasteiger partial charge is 0.497 e. The van der Waals surface area contributed by atoms with Crippen LogP contribution in [0.15, 0.2) is 18.2 Å². The van der Waals surface area contributed by atoms with Crippen LogP contribution in [-0.2, 0) is 9.53 Å². The minimum Gasteiger partial charge on any atom is -0.497 e. The number of anilines is 1. The number of rotatable bonds is 5. The molecule has 2 amide bonds. The first-order valence-corrected chi connectivity index (χ1v) is 7.18. The van der Waals surface area contributed by atoms with E-state index in [1.54, 1.807) is 45.9 Å². The third kappa shape index (κ3) is 6.06. The van der Waals surface area contributed by atoms with Crippen LogP contribution in [0.3, 0.4) is 0 Å². The van der Waals surface area contributed by atoms with Crippen molar-refractivity contribution < 1.29 is 23.8 Å². The summed E-state index contributed by atoms with van der Waals surface area (Å²) in [5, 5.41) is 5.17. The number of hydrogen-bond acceptors (Lipinski definition) is 5. The number of carbonyl (C=O) groups is 2. The van der Waals surface area contributed by atoms with Crippen LogP contribution in [0.1, 0.15) is 27.7 Å². The molecule has 7 heteroatoms. The first-order valence-electron chi connectivity index (χ1n) is 7.18. The van der Waals surface area contributed by atoms with Gasteiger partial charge in [0.1, 0.15) is 23.1 Å². The smallest absolute Gasteiger partial charge is 0.408 e. The van der Waals surface area contributed by atoms with Crippen LogP contribution in [0, 0.1) is 0 Å². The summed E-state index contributed by atoms with van der Waals surface area (Å²) in [6.07, 6.45) is -0.655. The van der Waals surface area contributed by atoms with Crippen molar-refractivity contribution in [2.75, 3.05) is 19.5 Å². The molecule has 0 saturated heterocycles. The van der Waals surface area contributed by atoms with Gasteiger partial charge in [-0.05, 0) is 39.8 Å². The summed E-state index contributed by atoms with van der Waals surface area (Å²) >= 11 is 0. The third-order valence-corrected chi connectivity index (χ3v) is 2.79. The van der Waals surface area contributed by atoms with Crippen LogP contribution in [-0.4, -0.2) is 37.9 Å². The van der Waals surface area contributed by atoms with Gasteiger partial charge in [0.2, 0.25) is 5.91 Å². The van der Waals surface area contributed by atoms with Gasteiger partial charge in [-0.3, -0.25) is 4.79 Å². The van der Waals surface area contributed by atoms with Gasteiger partial charge in [-0.25, -0.2) is 4.79 Å². The first-order chi connectivity index (χ1) is 10.7. The van der Waals surface area contributed by atoms with Crippen LogP contribution < -0.4 is 20.1 Å². The molecule has 0 fully saturated rings. The molecule has 1 rings (SSSR count). The third-order valence-electron chi connectivity index (χ3n) is 2.79. The second-order valence-corrected chi connectivity index (χ2v) is 5.92. The number of amides is 2. The van der Waals surface area contributed by atoms with Crippen LogP contribution in [0.25, 0.3) is 0 Å². The highest BCUT2D eigenvalue weighted by Crippen LogP contribution is 2.28. The van der Waals surface area contributed by atoms with Gasteiger partial charge in [-0.15, -0.1) is 0 Å². The van der Waals surface area contributed by atoms with E-state index in [0.29, 0.717) is 17.2 Å². The molecule has 128 valence electrons. The SMILES string of the molecule is COc1ccc(OC)c(NC(=O)[C@H](C)NC(=O)OC(C)(C)C)c1. The maximum Gasteiger partial charge on any atom is 0.408 e. The van der Waals surface area contributed by atoms with E-state index in [9.17, 15) is 9.59 Å². The predicted molar refractivity (Wildman–Crippen MR) is 87.0 cm³/mol. The summed E-state index contributed by atoms with van der Waals surface area (Å²) in [5.74, 6) is 0.667. The minimum atomic E-state index is -0.777. The number of methoxy groups -OCH3 is 2. The van der Waals surface area contributed by atoms with Gasteiger partial charge in [0.15, 0.2) is 0 Å². The highest BCUT2D eigenvalue weighted by atomic mass is 16.6. The molecule has 7 nitrogen and oxygen atoms in total. The Morgan fingerprint density at radius 1 is 1.13 bits per heavy atom. The average Bonchev–Trinajstić information content (AvgIpc) is 2.44. The zero-order valence-electron chi connectivity index (χ0n) is 14.4. The second-order valence-electron chi connectivity index (χ2n) is 5.92. The molecule has 0 aliphatic rings. The zero-order valence-corrected chi connectivity index (χ0v) is 14.4. The van der Waals surface area contributed by atoms with Crippen molar-refractivity contribution in [3.63, 3.8) is 0 Å². The molecule has 23 heavy (non-hydrogen) atoms. The summed E-state index contributed by atoms with van der Waals surface area (Å²) in [6, 6.07) is 4.26. The molecule has 0 radical (unpaired) electrons. The fourth-order valence-corrected chi connectivity index (χ4v) is 1.70. The van der Waals surface area contributed by atoms with Gasteiger partial charge >= 0.3 is 6.09 Å². The van der Waals surface area contributed by atoms with Gasteiger partial charge in [-0.2, -0.15) is 0 Å². The van der Waals surface area contributed by atoms with Crippen LogP contribution in [0.5, 0.6) is 11.5 Å². The van der Waals surface area contributed by atoms with E-state index in [1.807, 2.05) is 0 Å². The van der Waals surface area contributed by atoms with Gasteiger partial charge in [0.25, 0.3) is 0 Å². The van der Waals surface area contributed by atoms with Crippen molar-refractivity contribution >= 4 is 17.7 Å². The Bertz CT molecular complexity index is 566. The summed E-state index contributed by atoms with van der Waals surface area (Å²) in [7, 11) is 3.03. The van der Waals surface area contributed by atoms with E-state index in [-0.39, 0.29) is 0 Å². The monoisotopic (exact) mass is 324 g/mol. The van der Waals surface area contributed by atoms with Crippen molar-refractivity contribution in [2.45, 2.75) is 39.3 Å². The molecule has 0 bridgehead atoms. The Labute approximate surface area is 136 Å². The maximum atomic E-state index is 12.2. The Morgan fingerprint density at radius 2 is 1.78 bits per heavy atom. The standard InChI is InChI=1S/C16H24N2O5/c1-10(17-15(20)23-16(2,3)4)14(19)18-12-9-11(21-5)7-8-13(12)22-6/h7-10H,1-6H3,(H,17,20)(H,18,19)/t10-/m0/s1. The molecule has 0 heterocycles. The number of benzene rings is 1. The summed E-state index contributed by atoms with van der Waals surface area (Å²) < 4.78 is 15.4. The topological polar surface area (TPSA) is 85.9 Å². The molecule has 0 aromatic heterocycles. The van der Waals surface area contributed by atoms with Crippen molar-refractivity contribution in [1.82, 2.24) is 5.32 Å². The van der Waals surface area contributed by atoms with E-state index >= 15 is 0 Å². The second kappa shape index (κ2) is 7.71. The highest BCUT2D eigenvalue weighted by Gasteiger charge is 2.21. The van der Waals surface area contributed by atoms with Gasteiger partial charge in [-0.1, -0.05) is 0 Å². The molecule has 2 N–H and O–H groups in total. The Balaban J connectivity index is 2.73. The number of alkyl carbamates (subject to hydrolysis) is 1. The Morgan fingerprint density at radius 3 is 2.30 bits per heavy atom. The molecule has 1 aromatic rings. The number of ether oxygens (including phenoxy) is 3. The zero-order chi connectivity index (χ0) is 17.6. The van der Waals surface area contributed by atoms with Gasteiger partial charge < -0.3 is 24.8 Å². The van der Waals surface area contributed by atoms with Crippen molar-refractivity contribution in [2.24, 2.45) is 0 Å². The summed E-state index contributed by atoms with van der Waals surface area (Å²) in [5.41, 5.74) is -0.175. The lowest BCUT2D eigenvalue weighted by atomic mass is 10.2. The lowest BCUT2D eigenvalue weighted by Gasteiger charge is -2.22. The molecule has 1 aromatic carbocycles. The van der Waals surface area contributed by atoms with E-state index in [2.05, 4.69) is 10.6 Å². The lowest BCUT2D eigenvalue weighted by molar-refractivity contribution is -0.117. The summed E-state index contributed by atoms with van der Waals surface area (Å²) in [4.78, 5) is 23.9. The molecule has 1 atom stereocenters. The number of nitrogens with one attached hydrogen (secondary N) is 2. The number of carbonyl (C=O) groups excluding carboxylic acids is 2. The number of hydrogen-bond donors (Lipinski definition) is 2. The predicted octanol–water partition coefficient (Wildman–Crippen LogP) is 2.56. The first kappa shape index (κ1) is 18.6. The average molecular weight is 324 g/mol. The molecule has 0 aliphatic carbocycles. The quantitative estimate of drug-likeness (QED) is 0.869. The molecular formula is C16H24N2O5. The van der Waals surface area contributed by atoms with Crippen LogP contribution >= 0.6 is 0 Å².